The summed E-state index contributed by atoms with van der Waals surface area (Å²) < 4.78 is 0. The van der Waals surface area contributed by atoms with Gasteiger partial charge in [0.05, 0.1) is 17.5 Å². The van der Waals surface area contributed by atoms with Gasteiger partial charge < -0.3 is 10.2 Å². The van der Waals surface area contributed by atoms with Crippen LogP contribution in [0.1, 0.15) is 32.8 Å². The monoisotopic (exact) mass is 271 g/mol. The number of anilines is 1. The zero-order chi connectivity index (χ0) is 14.8. The molecule has 2 rings (SSSR count). The molecule has 1 heterocycles. The van der Waals surface area contributed by atoms with Gasteiger partial charge in [-0.25, -0.2) is 0 Å². The van der Waals surface area contributed by atoms with E-state index in [4.69, 9.17) is 5.26 Å². The lowest BCUT2D eigenvalue weighted by molar-refractivity contribution is -0.120. The van der Waals surface area contributed by atoms with Gasteiger partial charge in [-0.1, -0.05) is 18.2 Å². The number of nitrogens with zero attached hydrogens (tertiary/aromatic N) is 2. The Morgan fingerprint density at radius 1 is 1.45 bits per heavy atom. The molecule has 0 saturated carbocycles. The van der Waals surface area contributed by atoms with Crippen molar-refractivity contribution in [2.45, 2.75) is 39.8 Å². The third kappa shape index (κ3) is 3.00. The molecule has 0 fully saturated rings. The Kier molecular flexibility index (Phi) is 4.10. The van der Waals surface area contributed by atoms with Crippen LogP contribution in [0.4, 0.5) is 5.69 Å². The molecule has 1 aromatic rings. The molecule has 1 aliphatic heterocycles. The van der Waals surface area contributed by atoms with Crippen molar-refractivity contribution in [2.75, 3.05) is 11.4 Å². The van der Waals surface area contributed by atoms with Crippen LogP contribution in [0.5, 0.6) is 0 Å². The molecule has 0 spiro atoms. The summed E-state index contributed by atoms with van der Waals surface area (Å²) in [5, 5.41) is 12.4. The molecule has 1 aromatic carbocycles. The molecule has 4 heteroatoms. The maximum atomic E-state index is 12.5. The van der Waals surface area contributed by atoms with Crippen molar-refractivity contribution in [3.8, 4) is 6.07 Å². The molecule has 1 unspecified atom stereocenters. The second kappa shape index (κ2) is 5.64. The third-order valence-corrected chi connectivity index (χ3v) is 3.78. The molecule has 1 amide bonds. The fourth-order valence-corrected chi connectivity index (χ4v) is 2.30. The normalized spacial score (nSPS) is 19.2. The van der Waals surface area contributed by atoms with Crippen molar-refractivity contribution >= 4 is 11.6 Å². The molecular formula is C16H21N3O. The number of rotatable bonds is 3. The zero-order valence-corrected chi connectivity index (χ0v) is 12.3. The predicted octanol–water partition coefficient (Wildman–Crippen LogP) is 2.45. The molecule has 0 bridgehead atoms. The summed E-state index contributed by atoms with van der Waals surface area (Å²) in [4.78, 5) is 14.3. The fourth-order valence-electron chi connectivity index (χ4n) is 2.30. The lowest BCUT2D eigenvalue weighted by Gasteiger charge is -2.27. The van der Waals surface area contributed by atoms with Gasteiger partial charge in [-0.05, 0) is 38.8 Å². The standard InChI is InChI=1S/C16H21N3O/c1-12-15(20)19(9-8-16(2,3)11-17)14-7-5-4-6-13(14)10-18-12/h4-7,12,18H,8-10H2,1-3H3. The number of nitriles is 1. The second-order valence-electron chi connectivity index (χ2n) is 5.97. The lowest BCUT2D eigenvalue weighted by atomic mass is 9.91. The van der Waals surface area contributed by atoms with Crippen molar-refractivity contribution < 1.29 is 4.79 Å². The van der Waals surface area contributed by atoms with Gasteiger partial charge >= 0.3 is 0 Å². The minimum atomic E-state index is -0.418. The quantitative estimate of drug-likeness (QED) is 0.918. The third-order valence-electron chi connectivity index (χ3n) is 3.78. The van der Waals surface area contributed by atoms with Gasteiger partial charge in [0, 0.05) is 18.8 Å². The maximum absolute atomic E-state index is 12.5. The number of hydrogen-bond acceptors (Lipinski definition) is 3. The Morgan fingerprint density at radius 2 is 2.15 bits per heavy atom. The van der Waals surface area contributed by atoms with E-state index in [1.807, 2.05) is 49.9 Å². The Hall–Kier alpha value is -1.86. The van der Waals surface area contributed by atoms with Crippen LogP contribution in [0.25, 0.3) is 0 Å². The van der Waals surface area contributed by atoms with Crippen molar-refractivity contribution in [3.05, 3.63) is 29.8 Å². The molecule has 20 heavy (non-hydrogen) atoms. The first-order chi connectivity index (χ1) is 9.44. The van der Waals surface area contributed by atoms with E-state index in [0.29, 0.717) is 19.5 Å². The zero-order valence-electron chi connectivity index (χ0n) is 12.3. The number of carbonyl (C=O) groups excluding carboxylic acids is 1. The molecule has 0 aromatic heterocycles. The highest BCUT2D eigenvalue weighted by atomic mass is 16.2. The minimum Gasteiger partial charge on any atom is -0.311 e. The molecule has 1 atom stereocenters. The highest BCUT2D eigenvalue weighted by Crippen LogP contribution is 2.27. The summed E-state index contributed by atoms with van der Waals surface area (Å²) in [7, 11) is 0. The topological polar surface area (TPSA) is 56.1 Å². The van der Waals surface area contributed by atoms with Crippen LogP contribution in [-0.2, 0) is 11.3 Å². The molecule has 1 N–H and O–H groups in total. The Bertz CT molecular complexity index is 545. The lowest BCUT2D eigenvalue weighted by Crippen LogP contribution is -2.43. The fraction of sp³-hybridized carbons (Fsp3) is 0.500. The summed E-state index contributed by atoms with van der Waals surface area (Å²) in [5.41, 5.74) is 1.67. The highest BCUT2D eigenvalue weighted by Gasteiger charge is 2.28. The number of para-hydroxylation sites is 1. The summed E-state index contributed by atoms with van der Waals surface area (Å²) >= 11 is 0. The number of fused-ring (bicyclic) bond motifs is 1. The molecule has 0 saturated heterocycles. The summed E-state index contributed by atoms with van der Waals surface area (Å²) in [6, 6.07) is 10.0. The number of hydrogen-bond donors (Lipinski definition) is 1. The van der Waals surface area contributed by atoms with Crippen molar-refractivity contribution in [2.24, 2.45) is 5.41 Å². The van der Waals surface area contributed by atoms with E-state index in [1.165, 1.54) is 0 Å². The van der Waals surface area contributed by atoms with Crippen LogP contribution in [0.2, 0.25) is 0 Å². The minimum absolute atomic E-state index is 0.0729. The van der Waals surface area contributed by atoms with Crippen LogP contribution < -0.4 is 10.2 Å². The molecule has 1 aliphatic rings. The van der Waals surface area contributed by atoms with Gasteiger partial charge in [-0.2, -0.15) is 5.26 Å². The predicted molar refractivity (Wildman–Crippen MR) is 79.1 cm³/mol. The molecule has 0 aliphatic carbocycles. The van der Waals surface area contributed by atoms with Gasteiger partial charge in [0.15, 0.2) is 0 Å². The number of amides is 1. The van der Waals surface area contributed by atoms with Crippen LogP contribution in [-0.4, -0.2) is 18.5 Å². The highest BCUT2D eigenvalue weighted by molar-refractivity contribution is 5.98. The van der Waals surface area contributed by atoms with Crippen LogP contribution in [0.15, 0.2) is 24.3 Å². The average molecular weight is 271 g/mol. The molecule has 0 radical (unpaired) electrons. The van der Waals surface area contributed by atoms with E-state index in [-0.39, 0.29) is 11.9 Å². The van der Waals surface area contributed by atoms with Gasteiger partial charge in [0.1, 0.15) is 0 Å². The van der Waals surface area contributed by atoms with Gasteiger partial charge in [-0.3, -0.25) is 4.79 Å². The summed E-state index contributed by atoms with van der Waals surface area (Å²) in [6.45, 7) is 6.96. The van der Waals surface area contributed by atoms with Gasteiger partial charge in [-0.15, -0.1) is 0 Å². The first kappa shape index (κ1) is 14.5. The Balaban J connectivity index is 2.28. The SMILES string of the molecule is CC1NCc2ccccc2N(CCC(C)(C)C#N)C1=O. The van der Waals surface area contributed by atoms with Crippen molar-refractivity contribution in [3.63, 3.8) is 0 Å². The first-order valence-corrected chi connectivity index (χ1v) is 6.98. The van der Waals surface area contributed by atoms with E-state index in [9.17, 15) is 4.79 Å². The summed E-state index contributed by atoms with van der Waals surface area (Å²) in [6.07, 6.45) is 0.663. The molecule has 4 nitrogen and oxygen atoms in total. The average Bonchev–Trinajstić information content (AvgIpc) is 2.56. The second-order valence-corrected chi connectivity index (χ2v) is 5.97. The van der Waals surface area contributed by atoms with E-state index in [2.05, 4.69) is 11.4 Å². The van der Waals surface area contributed by atoms with Gasteiger partial charge in [0.2, 0.25) is 5.91 Å². The van der Waals surface area contributed by atoms with Gasteiger partial charge in [0.25, 0.3) is 0 Å². The number of carbonyl (C=O) groups is 1. The van der Waals surface area contributed by atoms with E-state index < -0.39 is 5.41 Å². The largest absolute Gasteiger partial charge is 0.311 e. The Morgan fingerprint density at radius 3 is 2.85 bits per heavy atom. The van der Waals surface area contributed by atoms with E-state index in [0.717, 1.165) is 11.3 Å². The number of benzene rings is 1. The van der Waals surface area contributed by atoms with Crippen molar-refractivity contribution in [1.29, 1.82) is 5.26 Å². The maximum Gasteiger partial charge on any atom is 0.243 e. The Labute approximate surface area is 120 Å². The molecular weight excluding hydrogens is 250 g/mol. The van der Waals surface area contributed by atoms with Crippen molar-refractivity contribution in [1.82, 2.24) is 5.32 Å². The van der Waals surface area contributed by atoms with E-state index in [1.54, 1.807) is 0 Å². The van der Waals surface area contributed by atoms with Crippen LogP contribution in [0.3, 0.4) is 0 Å². The summed E-state index contributed by atoms with van der Waals surface area (Å²) in [5.74, 6) is 0.0729. The molecule has 106 valence electrons. The first-order valence-electron chi connectivity index (χ1n) is 6.98. The van der Waals surface area contributed by atoms with Crippen LogP contribution in [0, 0.1) is 16.7 Å². The smallest absolute Gasteiger partial charge is 0.243 e. The van der Waals surface area contributed by atoms with E-state index >= 15 is 0 Å². The van der Waals surface area contributed by atoms with Crippen LogP contribution >= 0.6 is 0 Å². The number of nitrogens with one attached hydrogen (secondary N) is 1.